The Bertz CT molecular complexity index is 898. The molecule has 0 bridgehead atoms. The number of rotatable bonds is 9. The SMILES string of the molecule is CCNC(=NCc1ccccc1Cn1cccn1)NCc1c(CC)noc1CC.I. The van der Waals surface area contributed by atoms with Gasteiger partial charge in [-0.05, 0) is 30.5 Å². The first kappa shape index (κ1) is 23.9. The molecule has 1 aromatic carbocycles. The monoisotopic (exact) mass is 522 g/mol. The topological polar surface area (TPSA) is 80.3 Å². The Morgan fingerprint density at radius 3 is 2.53 bits per heavy atom. The molecular formula is C22H31IN6O. The smallest absolute Gasteiger partial charge is 0.191 e. The van der Waals surface area contributed by atoms with Gasteiger partial charge in [0.05, 0.1) is 18.8 Å². The van der Waals surface area contributed by atoms with Gasteiger partial charge in [0.15, 0.2) is 5.96 Å². The molecule has 0 unspecified atom stereocenters. The lowest BCUT2D eigenvalue weighted by Crippen LogP contribution is -2.37. The van der Waals surface area contributed by atoms with Gasteiger partial charge in [-0.3, -0.25) is 4.68 Å². The number of aryl methyl sites for hydroxylation is 2. The third kappa shape index (κ3) is 6.32. The normalized spacial score (nSPS) is 11.2. The van der Waals surface area contributed by atoms with E-state index in [1.54, 1.807) is 6.20 Å². The van der Waals surface area contributed by atoms with Crippen molar-refractivity contribution in [2.24, 2.45) is 4.99 Å². The molecule has 0 aliphatic carbocycles. The first-order valence-corrected chi connectivity index (χ1v) is 10.3. The number of aromatic nitrogens is 3. The maximum absolute atomic E-state index is 5.46. The van der Waals surface area contributed by atoms with Crippen molar-refractivity contribution in [1.29, 1.82) is 0 Å². The van der Waals surface area contributed by atoms with E-state index in [0.29, 0.717) is 13.1 Å². The van der Waals surface area contributed by atoms with Crippen LogP contribution in [0.15, 0.2) is 52.2 Å². The maximum atomic E-state index is 5.46. The molecule has 2 N–H and O–H groups in total. The Hall–Kier alpha value is -2.36. The van der Waals surface area contributed by atoms with Crippen molar-refractivity contribution in [3.8, 4) is 0 Å². The number of hydrogen-bond acceptors (Lipinski definition) is 4. The summed E-state index contributed by atoms with van der Waals surface area (Å²) in [5.41, 5.74) is 4.56. The standard InChI is InChI=1S/C22H30N6O.HI/c1-4-20-19(21(5-2)29-27-20)15-25-22(23-6-3)24-14-17-10-7-8-11-18(17)16-28-13-9-12-26-28;/h7-13H,4-6,14-16H2,1-3H3,(H2,23,24,25);1H. The molecule has 30 heavy (non-hydrogen) atoms. The Morgan fingerprint density at radius 2 is 1.87 bits per heavy atom. The molecule has 0 saturated heterocycles. The minimum Gasteiger partial charge on any atom is -0.361 e. The summed E-state index contributed by atoms with van der Waals surface area (Å²) >= 11 is 0. The van der Waals surface area contributed by atoms with Gasteiger partial charge in [-0.1, -0.05) is 43.3 Å². The van der Waals surface area contributed by atoms with Crippen LogP contribution in [0.5, 0.6) is 0 Å². The summed E-state index contributed by atoms with van der Waals surface area (Å²) < 4.78 is 7.39. The lowest BCUT2D eigenvalue weighted by atomic mass is 10.1. The number of nitrogens with one attached hydrogen (secondary N) is 2. The fraction of sp³-hybridized carbons (Fsp3) is 0.409. The Kier molecular flexibility index (Phi) is 9.85. The number of benzene rings is 1. The number of halogens is 1. The minimum absolute atomic E-state index is 0. The molecule has 3 aromatic rings. The van der Waals surface area contributed by atoms with Crippen molar-refractivity contribution >= 4 is 29.9 Å². The Morgan fingerprint density at radius 1 is 1.07 bits per heavy atom. The first-order chi connectivity index (χ1) is 14.2. The summed E-state index contributed by atoms with van der Waals surface area (Å²) in [6.45, 7) is 9.02. The van der Waals surface area contributed by atoms with Crippen LogP contribution < -0.4 is 10.6 Å². The lowest BCUT2D eigenvalue weighted by molar-refractivity contribution is 0.380. The minimum atomic E-state index is 0. The van der Waals surface area contributed by atoms with Gasteiger partial charge in [0.1, 0.15) is 5.76 Å². The molecule has 8 heteroatoms. The van der Waals surface area contributed by atoms with Crippen LogP contribution in [-0.2, 0) is 32.5 Å². The van der Waals surface area contributed by atoms with Crippen molar-refractivity contribution in [2.75, 3.05) is 6.54 Å². The van der Waals surface area contributed by atoms with Crippen molar-refractivity contribution in [2.45, 2.75) is 53.2 Å². The number of guanidine groups is 1. The van der Waals surface area contributed by atoms with Gasteiger partial charge in [0.25, 0.3) is 0 Å². The molecule has 0 aliphatic rings. The summed E-state index contributed by atoms with van der Waals surface area (Å²) in [7, 11) is 0. The van der Waals surface area contributed by atoms with E-state index >= 15 is 0 Å². The van der Waals surface area contributed by atoms with E-state index in [1.807, 2.05) is 16.9 Å². The van der Waals surface area contributed by atoms with Crippen LogP contribution in [0, 0.1) is 0 Å². The van der Waals surface area contributed by atoms with Crippen molar-refractivity contribution in [1.82, 2.24) is 25.6 Å². The molecule has 162 valence electrons. The second kappa shape index (κ2) is 12.4. The van der Waals surface area contributed by atoms with Crippen LogP contribution in [0.25, 0.3) is 0 Å². The molecule has 0 radical (unpaired) electrons. The summed E-state index contributed by atoms with van der Waals surface area (Å²) in [6.07, 6.45) is 5.46. The van der Waals surface area contributed by atoms with Crippen LogP contribution in [0.2, 0.25) is 0 Å². The quantitative estimate of drug-likeness (QED) is 0.253. The predicted octanol–water partition coefficient (Wildman–Crippen LogP) is 3.92. The second-order valence-corrected chi connectivity index (χ2v) is 6.76. The van der Waals surface area contributed by atoms with E-state index in [0.717, 1.165) is 48.9 Å². The molecule has 0 fully saturated rings. The molecule has 0 spiro atoms. The molecule has 0 aliphatic heterocycles. The van der Waals surface area contributed by atoms with Crippen LogP contribution >= 0.6 is 24.0 Å². The van der Waals surface area contributed by atoms with Crippen LogP contribution in [0.3, 0.4) is 0 Å². The molecule has 2 aromatic heterocycles. The summed E-state index contributed by atoms with van der Waals surface area (Å²) in [5.74, 6) is 1.72. The molecule has 3 rings (SSSR count). The van der Waals surface area contributed by atoms with Crippen LogP contribution in [-0.4, -0.2) is 27.4 Å². The summed E-state index contributed by atoms with van der Waals surface area (Å²) in [6, 6.07) is 10.3. The van der Waals surface area contributed by atoms with E-state index in [-0.39, 0.29) is 24.0 Å². The third-order valence-corrected chi connectivity index (χ3v) is 4.80. The van der Waals surface area contributed by atoms with Crippen LogP contribution in [0.1, 0.15) is 48.9 Å². The van der Waals surface area contributed by atoms with E-state index in [2.05, 4.69) is 65.9 Å². The highest BCUT2D eigenvalue weighted by atomic mass is 127. The fourth-order valence-electron chi connectivity index (χ4n) is 3.25. The Balaban J connectivity index is 0.00000320. The maximum Gasteiger partial charge on any atom is 0.191 e. The van der Waals surface area contributed by atoms with E-state index < -0.39 is 0 Å². The van der Waals surface area contributed by atoms with E-state index in [1.165, 1.54) is 11.1 Å². The summed E-state index contributed by atoms with van der Waals surface area (Å²) in [5, 5.41) is 15.3. The fourth-order valence-corrected chi connectivity index (χ4v) is 3.25. The predicted molar refractivity (Wildman–Crippen MR) is 130 cm³/mol. The van der Waals surface area contributed by atoms with Crippen LogP contribution in [0.4, 0.5) is 0 Å². The highest BCUT2D eigenvalue weighted by molar-refractivity contribution is 14.0. The zero-order chi connectivity index (χ0) is 20.5. The van der Waals surface area contributed by atoms with Gasteiger partial charge < -0.3 is 15.2 Å². The second-order valence-electron chi connectivity index (χ2n) is 6.76. The molecular weight excluding hydrogens is 491 g/mol. The largest absolute Gasteiger partial charge is 0.361 e. The Labute approximate surface area is 195 Å². The van der Waals surface area contributed by atoms with E-state index in [4.69, 9.17) is 9.52 Å². The van der Waals surface area contributed by atoms with Gasteiger partial charge in [-0.2, -0.15) is 5.10 Å². The van der Waals surface area contributed by atoms with Crippen molar-refractivity contribution in [3.63, 3.8) is 0 Å². The number of hydrogen-bond donors (Lipinski definition) is 2. The molecule has 0 atom stereocenters. The van der Waals surface area contributed by atoms with Crippen molar-refractivity contribution < 1.29 is 4.52 Å². The third-order valence-electron chi connectivity index (χ3n) is 4.80. The highest BCUT2D eigenvalue weighted by Crippen LogP contribution is 2.15. The van der Waals surface area contributed by atoms with E-state index in [9.17, 15) is 0 Å². The molecule has 0 saturated carbocycles. The molecule has 2 heterocycles. The number of aliphatic imine (C=N–C) groups is 1. The van der Waals surface area contributed by atoms with Gasteiger partial charge in [0.2, 0.25) is 0 Å². The van der Waals surface area contributed by atoms with Gasteiger partial charge >= 0.3 is 0 Å². The van der Waals surface area contributed by atoms with Gasteiger partial charge in [-0.15, -0.1) is 24.0 Å². The van der Waals surface area contributed by atoms with Gasteiger partial charge in [-0.25, -0.2) is 4.99 Å². The number of nitrogens with zero attached hydrogens (tertiary/aromatic N) is 4. The molecule has 7 nitrogen and oxygen atoms in total. The van der Waals surface area contributed by atoms with Gasteiger partial charge in [0, 0.05) is 37.5 Å². The first-order valence-electron chi connectivity index (χ1n) is 10.3. The zero-order valence-corrected chi connectivity index (χ0v) is 20.2. The molecule has 0 amide bonds. The highest BCUT2D eigenvalue weighted by Gasteiger charge is 2.13. The zero-order valence-electron chi connectivity index (χ0n) is 17.9. The average molecular weight is 522 g/mol. The lowest BCUT2D eigenvalue weighted by Gasteiger charge is -2.13. The van der Waals surface area contributed by atoms with Crippen molar-refractivity contribution in [3.05, 3.63) is 70.9 Å². The summed E-state index contributed by atoms with van der Waals surface area (Å²) in [4.78, 5) is 4.80. The average Bonchev–Trinajstić information content (AvgIpc) is 3.40.